The molecule has 4 rings (SSSR count). The molecule has 2 heterocycles. The number of fused-ring (bicyclic) bond motifs is 1. The van der Waals surface area contributed by atoms with Crippen LogP contribution in [0.5, 0.6) is 0 Å². The monoisotopic (exact) mass is 378 g/mol. The molecule has 1 N–H and O–H groups in total. The number of carboxylic acid groups (broad SMARTS) is 1. The minimum atomic E-state index is -0.886. The van der Waals surface area contributed by atoms with Gasteiger partial charge in [0.1, 0.15) is 5.52 Å². The van der Waals surface area contributed by atoms with Crippen molar-refractivity contribution in [3.63, 3.8) is 0 Å². The summed E-state index contributed by atoms with van der Waals surface area (Å²) in [4.78, 5) is 26.1. The summed E-state index contributed by atoms with van der Waals surface area (Å²) in [5, 5.41) is 17.4. The van der Waals surface area contributed by atoms with Crippen LogP contribution in [0.15, 0.2) is 42.5 Å². The van der Waals surface area contributed by atoms with Crippen molar-refractivity contribution in [2.45, 2.75) is 19.3 Å². The van der Waals surface area contributed by atoms with Gasteiger partial charge in [-0.25, -0.2) is 9.48 Å². The number of hydrogen-bond acceptors (Lipinski definition) is 4. The van der Waals surface area contributed by atoms with Gasteiger partial charge in [0, 0.05) is 25.7 Å². The van der Waals surface area contributed by atoms with E-state index < -0.39 is 5.97 Å². The fourth-order valence-corrected chi connectivity index (χ4v) is 3.91. The Kier molecular flexibility index (Phi) is 4.81. The lowest BCUT2D eigenvalue weighted by atomic mass is 9.88. The topological polar surface area (TPSA) is 88.3 Å². The molecule has 1 aromatic heterocycles. The van der Waals surface area contributed by atoms with Crippen LogP contribution in [0.2, 0.25) is 0 Å². The number of carbonyl (C=O) groups excluding carboxylic acids is 1. The van der Waals surface area contributed by atoms with E-state index in [4.69, 9.17) is 0 Å². The number of rotatable bonds is 4. The standard InChI is InChI=1S/C21H22N4O3/c1-24-19-7-6-16(13-18(19)22-23-24)20(26)25-10-8-14(9-11-25)12-15-4-2-3-5-17(15)21(27)28/h2-7,13-14H,8-12H2,1H3,(H,27,28). The molecule has 1 aliphatic heterocycles. The number of likely N-dealkylation sites (tertiary alicyclic amines) is 1. The average Bonchev–Trinajstić information content (AvgIpc) is 3.08. The third-order valence-corrected chi connectivity index (χ3v) is 5.52. The van der Waals surface area contributed by atoms with E-state index in [1.807, 2.05) is 36.2 Å². The first-order valence-corrected chi connectivity index (χ1v) is 9.43. The molecule has 0 radical (unpaired) electrons. The summed E-state index contributed by atoms with van der Waals surface area (Å²) in [5.41, 5.74) is 3.48. The average molecular weight is 378 g/mol. The number of carboxylic acids is 1. The van der Waals surface area contributed by atoms with Crippen LogP contribution in [0.25, 0.3) is 11.0 Å². The third kappa shape index (κ3) is 3.47. The van der Waals surface area contributed by atoms with E-state index in [1.165, 1.54) is 0 Å². The van der Waals surface area contributed by atoms with Crippen LogP contribution >= 0.6 is 0 Å². The van der Waals surface area contributed by atoms with Crippen LogP contribution in [0, 0.1) is 5.92 Å². The lowest BCUT2D eigenvalue weighted by Crippen LogP contribution is -2.39. The number of amides is 1. The maximum absolute atomic E-state index is 12.9. The molecule has 3 aromatic rings. The van der Waals surface area contributed by atoms with Crippen molar-refractivity contribution in [3.05, 3.63) is 59.2 Å². The van der Waals surface area contributed by atoms with Gasteiger partial charge in [-0.3, -0.25) is 4.79 Å². The molecule has 7 heteroatoms. The summed E-state index contributed by atoms with van der Waals surface area (Å²) in [6.07, 6.45) is 2.47. The SMILES string of the molecule is Cn1nnc2cc(C(=O)N3CCC(Cc4ccccc4C(=O)O)CC3)ccc21. The Hall–Kier alpha value is -3.22. The van der Waals surface area contributed by atoms with Crippen LogP contribution in [0.3, 0.4) is 0 Å². The molecular formula is C21H22N4O3. The maximum Gasteiger partial charge on any atom is 0.335 e. The predicted octanol–water partition coefficient (Wildman–Crippen LogP) is 2.76. The molecule has 2 aromatic carbocycles. The van der Waals surface area contributed by atoms with Crippen LogP contribution in [-0.4, -0.2) is 50.0 Å². The Morgan fingerprint density at radius 3 is 2.64 bits per heavy atom. The number of hydrogen-bond donors (Lipinski definition) is 1. The quantitative estimate of drug-likeness (QED) is 0.754. The zero-order chi connectivity index (χ0) is 19.7. The Morgan fingerprint density at radius 1 is 1.14 bits per heavy atom. The van der Waals surface area contributed by atoms with E-state index in [0.717, 1.165) is 30.3 Å². The van der Waals surface area contributed by atoms with E-state index in [9.17, 15) is 14.7 Å². The smallest absolute Gasteiger partial charge is 0.335 e. The molecule has 1 fully saturated rings. The highest BCUT2D eigenvalue weighted by Gasteiger charge is 2.25. The fourth-order valence-electron chi connectivity index (χ4n) is 3.91. The lowest BCUT2D eigenvalue weighted by Gasteiger charge is -2.32. The van der Waals surface area contributed by atoms with Gasteiger partial charge in [-0.05, 0) is 55.0 Å². The van der Waals surface area contributed by atoms with Gasteiger partial charge in [0.05, 0.1) is 11.1 Å². The molecule has 1 aliphatic rings. The van der Waals surface area contributed by atoms with Gasteiger partial charge in [-0.1, -0.05) is 23.4 Å². The number of piperidine rings is 1. The summed E-state index contributed by atoms with van der Waals surface area (Å²) < 4.78 is 1.68. The van der Waals surface area contributed by atoms with Crippen molar-refractivity contribution in [2.24, 2.45) is 13.0 Å². The minimum Gasteiger partial charge on any atom is -0.478 e. The van der Waals surface area contributed by atoms with Crippen LogP contribution in [0.4, 0.5) is 0 Å². The summed E-state index contributed by atoms with van der Waals surface area (Å²) in [6, 6.07) is 12.7. The summed E-state index contributed by atoms with van der Waals surface area (Å²) in [5.74, 6) is -0.494. The third-order valence-electron chi connectivity index (χ3n) is 5.52. The van der Waals surface area contributed by atoms with E-state index in [1.54, 1.807) is 22.9 Å². The van der Waals surface area contributed by atoms with Gasteiger partial charge in [0.25, 0.3) is 5.91 Å². The zero-order valence-electron chi connectivity index (χ0n) is 15.7. The van der Waals surface area contributed by atoms with Gasteiger partial charge < -0.3 is 10.0 Å². The Labute approximate surface area is 162 Å². The van der Waals surface area contributed by atoms with Crippen molar-refractivity contribution in [2.75, 3.05) is 13.1 Å². The molecule has 0 spiro atoms. The van der Waals surface area contributed by atoms with Gasteiger partial charge in [-0.2, -0.15) is 0 Å². The highest BCUT2D eigenvalue weighted by atomic mass is 16.4. The summed E-state index contributed by atoms with van der Waals surface area (Å²) in [6.45, 7) is 1.36. The summed E-state index contributed by atoms with van der Waals surface area (Å²) in [7, 11) is 1.82. The molecule has 7 nitrogen and oxygen atoms in total. The first-order valence-electron chi connectivity index (χ1n) is 9.43. The van der Waals surface area contributed by atoms with E-state index in [-0.39, 0.29) is 5.91 Å². The second kappa shape index (κ2) is 7.42. The Balaban J connectivity index is 1.41. The molecule has 1 saturated heterocycles. The first kappa shape index (κ1) is 18.2. The molecule has 1 amide bonds. The van der Waals surface area contributed by atoms with Crippen LogP contribution < -0.4 is 0 Å². The second-order valence-corrected chi connectivity index (χ2v) is 7.32. The van der Waals surface area contributed by atoms with E-state index in [0.29, 0.717) is 35.7 Å². The van der Waals surface area contributed by atoms with Crippen molar-refractivity contribution < 1.29 is 14.7 Å². The van der Waals surface area contributed by atoms with Gasteiger partial charge >= 0.3 is 5.97 Å². The number of aryl methyl sites for hydroxylation is 1. The van der Waals surface area contributed by atoms with Gasteiger partial charge in [0.15, 0.2) is 0 Å². The summed E-state index contributed by atoms with van der Waals surface area (Å²) >= 11 is 0. The number of aromatic nitrogens is 3. The number of aromatic carboxylic acids is 1. The minimum absolute atomic E-state index is 0.0111. The molecule has 0 aliphatic carbocycles. The predicted molar refractivity (Wildman–Crippen MR) is 104 cm³/mol. The van der Waals surface area contributed by atoms with Crippen LogP contribution in [-0.2, 0) is 13.5 Å². The molecule has 0 atom stereocenters. The van der Waals surface area contributed by atoms with E-state index in [2.05, 4.69) is 10.3 Å². The number of benzene rings is 2. The molecule has 0 bridgehead atoms. The first-order chi connectivity index (χ1) is 13.5. The Morgan fingerprint density at radius 2 is 1.89 bits per heavy atom. The maximum atomic E-state index is 12.9. The van der Waals surface area contributed by atoms with Gasteiger partial charge in [0.2, 0.25) is 0 Å². The van der Waals surface area contributed by atoms with Crippen molar-refractivity contribution in [1.29, 1.82) is 0 Å². The largest absolute Gasteiger partial charge is 0.478 e. The fraction of sp³-hybridized carbons (Fsp3) is 0.333. The lowest BCUT2D eigenvalue weighted by molar-refractivity contribution is 0.0690. The van der Waals surface area contributed by atoms with E-state index >= 15 is 0 Å². The molecule has 0 saturated carbocycles. The van der Waals surface area contributed by atoms with Crippen molar-refractivity contribution in [1.82, 2.24) is 19.9 Å². The van der Waals surface area contributed by atoms with Gasteiger partial charge in [-0.15, -0.1) is 5.10 Å². The highest BCUT2D eigenvalue weighted by molar-refractivity contribution is 5.97. The normalized spacial score (nSPS) is 15.1. The Bertz CT molecular complexity index is 1040. The highest BCUT2D eigenvalue weighted by Crippen LogP contribution is 2.25. The second-order valence-electron chi connectivity index (χ2n) is 7.32. The van der Waals surface area contributed by atoms with Crippen molar-refractivity contribution >= 4 is 22.9 Å². The zero-order valence-corrected chi connectivity index (χ0v) is 15.7. The molecular weight excluding hydrogens is 356 g/mol. The van der Waals surface area contributed by atoms with Crippen LogP contribution in [0.1, 0.15) is 39.1 Å². The molecule has 0 unspecified atom stereocenters. The molecule has 144 valence electrons. The van der Waals surface area contributed by atoms with Crippen molar-refractivity contribution in [3.8, 4) is 0 Å². The number of carbonyl (C=O) groups is 2. The number of nitrogens with zero attached hydrogens (tertiary/aromatic N) is 4. The molecule has 28 heavy (non-hydrogen) atoms.